The zero-order valence-electron chi connectivity index (χ0n) is 15.7. The molecule has 1 saturated heterocycles. The number of rotatable bonds is 6. The molecular weight excluding hydrogens is 380 g/mol. The fourth-order valence-corrected chi connectivity index (χ4v) is 3.47. The number of anilines is 1. The molecule has 148 valence electrons. The lowest BCUT2D eigenvalue weighted by molar-refractivity contribution is -0.383. The van der Waals surface area contributed by atoms with Gasteiger partial charge in [-0.3, -0.25) is 24.7 Å². The standard InChI is InChI=1S/C20H23ClN4O3/c1-15-4-2-3-5-16(15)13-23-8-10-24(11-9-23)14-20(26)22-18-12-17(21)6-7-19(18)25(27)28/h2-7,12H,8-11,13-14H2,1H3,(H,22,26). The number of nitro groups is 1. The molecule has 8 heteroatoms. The van der Waals surface area contributed by atoms with Gasteiger partial charge in [0.15, 0.2) is 0 Å². The first-order valence-electron chi connectivity index (χ1n) is 9.15. The minimum atomic E-state index is -0.531. The van der Waals surface area contributed by atoms with Gasteiger partial charge in [0, 0.05) is 43.8 Å². The molecule has 0 aliphatic carbocycles. The topological polar surface area (TPSA) is 78.7 Å². The van der Waals surface area contributed by atoms with Crippen molar-refractivity contribution in [2.45, 2.75) is 13.5 Å². The molecule has 0 atom stereocenters. The average Bonchev–Trinajstić information content (AvgIpc) is 2.65. The average molecular weight is 403 g/mol. The summed E-state index contributed by atoms with van der Waals surface area (Å²) >= 11 is 5.90. The number of carbonyl (C=O) groups is 1. The second kappa shape index (κ2) is 9.14. The predicted molar refractivity (Wildman–Crippen MR) is 110 cm³/mol. The Balaban J connectivity index is 1.51. The van der Waals surface area contributed by atoms with Gasteiger partial charge in [0.2, 0.25) is 5.91 Å². The summed E-state index contributed by atoms with van der Waals surface area (Å²) in [6.45, 7) is 6.51. The minimum Gasteiger partial charge on any atom is -0.319 e. The molecule has 0 spiro atoms. The molecule has 1 heterocycles. The van der Waals surface area contributed by atoms with E-state index in [1.165, 1.54) is 29.3 Å². The summed E-state index contributed by atoms with van der Waals surface area (Å²) < 4.78 is 0. The molecule has 0 radical (unpaired) electrons. The van der Waals surface area contributed by atoms with E-state index in [4.69, 9.17) is 11.6 Å². The maximum Gasteiger partial charge on any atom is 0.292 e. The Morgan fingerprint density at radius 1 is 1.14 bits per heavy atom. The van der Waals surface area contributed by atoms with Gasteiger partial charge in [-0.2, -0.15) is 0 Å². The zero-order valence-corrected chi connectivity index (χ0v) is 16.5. The summed E-state index contributed by atoms with van der Waals surface area (Å²) in [4.78, 5) is 27.4. The molecule has 1 aliphatic heterocycles. The number of nitrogens with zero attached hydrogens (tertiary/aromatic N) is 3. The van der Waals surface area contributed by atoms with Crippen molar-refractivity contribution in [2.24, 2.45) is 0 Å². The molecule has 1 amide bonds. The second-order valence-corrected chi connectivity index (χ2v) is 7.38. The van der Waals surface area contributed by atoms with Gasteiger partial charge in [0.05, 0.1) is 11.5 Å². The van der Waals surface area contributed by atoms with Crippen LogP contribution >= 0.6 is 11.6 Å². The molecule has 2 aromatic carbocycles. The van der Waals surface area contributed by atoms with Crippen molar-refractivity contribution in [2.75, 3.05) is 38.0 Å². The third-order valence-corrected chi connectivity index (χ3v) is 5.15. The Morgan fingerprint density at radius 2 is 1.82 bits per heavy atom. The van der Waals surface area contributed by atoms with Gasteiger partial charge in [-0.1, -0.05) is 35.9 Å². The zero-order chi connectivity index (χ0) is 20.1. The van der Waals surface area contributed by atoms with E-state index in [0.29, 0.717) is 5.02 Å². The largest absolute Gasteiger partial charge is 0.319 e. The molecule has 0 aromatic heterocycles. The summed E-state index contributed by atoms with van der Waals surface area (Å²) in [6, 6.07) is 12.5. The molecule has 3 rings (SSSR count). The molecule has 28 heavy (non-hydrogen) atoms. The second-order valence-electron chi connectivity index (χ2n) is 6.95. The van der Waals surface area contributed by atoms with Gasteiger partial charge in [-0.05, 0) is 30.2 Å². The number of hydrogen-bond donors (Lipinski definition) is 1. The first-order valence-corrected chi connectivity index (χ1v) is 9.53. The fraction of sp³-hybridized carbons (Fsp3) is 0.350. The summed E-state index contributed by atoms with van der Waals surface area (Å²) in [5, 5.41) is 14.1. The van der Waals surface area contributed by atoms with Gasteiger partial charge >= 0.3 is 0 Å². The van der Waals surface area contributed by atoms with Crippen LogP contribution < -0.4 is 5.32 Å². The number of piperazine rings is 1. The van der Waals surface area contributed by atoms with Crippen molar-refractivity contribution in [1.82, 2.24) is 9.80 Å². The van der Waals surface area contributed by atoms with Crippen LogP contribution in [0.5, 0.6) is 0 Å². The highest BCUT2D eigenvalue weighted by Gasteiger charge is 2.21. The Kier molecular flexibility index (Phi) is 6.61. The quantitative estimate of drug-likeness (QED) is 0.592. The monoisotopic (exact) mass is 402 g/mol. The third-order valence-electron chi connectivity index (χ3n) is 4.92. The van der Waals surface area contributed by atoms with Crippen molar-refractivity contribution in [3.63, 3.8) is 0 Å². The van der Waals surface area contributed by atoms with Crippen LogP contribution in [0, 0.1) is 17.0 Å². The molecular formula is C20H23ClN4O3. The lowest BCUT2D eigenvalue weighted by Gasteiger charge is -2.34. The Bertz CT molecular complexity index is 866. The number of nitrogens with one attached hydrogen (secondary N) is 1. The highest BCUT2D eigenvalue weighted by Crippen LogP contribution is 2.27. The molecule has 2 aromatic rings. The van der Waals surface area contributed by atoms with Crippen molar-refractivity contribution in [3.8, 4) is 0 Å². The maximum absolute atomic E-state index is 12.4. The van der Waals surface area contributed by atoms with Crippen LogP contribution in [0.1, 0.15) is 11.1 Å². The Hall–Kier alpha value is -2.48. The van der Waals surface area contributed by atoms with Crippen LogP contribution in [0.2, 0.25) is 5.02 Å². The number of nitro benzene ring substituents is 1. The number of halogens is 1. The highest BCUT2D eigenvalue weighted by molar-refractivity contribution is 6.31. The van der Waals surface area contributed by atoms with E-state index < -0.39 is 4.92 Å². The molecule has 7 nitrogen and oxygen atoms in total. The lowest BCUT2D eigenvalue weighted by Crippen LogP contribution is -2.48. The first kappa shape index (κ1) is 20.3. The van der Waals surface area contributed by atoms with Crippen LogP contribution in [-0.4, -0.2) is 53.4 Å². The van der Waals surface area contributed by atoms with E-state index in [1.54, 1.807) is 0 Å². The summed E-state index contributed by atoms with van der Waals surface area (Å²) in [5.41, 5.74) is 2.57. The summed E-state index contributed by atoms with van der Waals surface area (Å²) in [7, 11) is 0. The van der Waals surface area contributed by atoms with Gasteiger partial charge < -0.3 is 5.32 Å². The van der Waals surface area contributed by atoms with Crippen LogP contribution in [-0.2, 0) is 11.3 Å². The van der Waals surface area contributed by atoms with E-state index in [9.17, 15) is 14.9 Å². The van der Waals surface area contributed by atoms with E-state index in [1.807, 2.05) is 6.07 Å². The van der Waals surface area contributed by atoms with Crippen LogP contribution in [0.25, 0.3) is 0 Å². The van der Waals surface area contributed by atoms with Crippen LogP contribution in [0.15, 0.2) is 42.5 Å². The highest BCUT2D eigenvalue weighted by atomic mass is 35.5. The lowest BCUT2D eigenvalue weighted by atomic mass is 10.1. The number of amides is 1. The number of aryl methyl sites for hydroxylation is 1. The van der Waals surface area contributed by atoms with E-state index >= 15 is 0 Å². The smallest absolute Gasteiger partial charge is 0.292 e. The van der Waals surface area contributed by atoms with E-state index in [-0.39, 0.29) is 23.8 Å². The van der Waals surface area contributed by atoms with Gasteiger partial charge in [0.25, 0.3) is 5.69 Å². The number of carbonyl (C=O) groups excluding carboxylic acids is 1. The molecule has 0 saturated carbocycles. The molecule has 0 unspecified atom stereocenters. The first-order chi connectivity index (χ1) is 13.4. The Labute approximate surface area is 169 Å². The fourth-order valence-electron chi connectivity index (χ4n) is 3.29. The van der Waals surface area contributed by atoms with Crippen LogP contribution in [0.4, 0.5) is 11.4 Å². The summed E-state index contributed by atoms with van der Waals surface area (Å²) in [6.07, 6.45) is 0. The summed E-state index contributed by atoms with van der Waals surface area (Å²) in [5.74, 6) is -0.280. The molecule has 1 N–H and O–H groups in total. The van der Waals surface area contributed by atoms with E-state index in [0.717, 1.165) is 32.7 Å². The van der Waals surface area contributed by atoms with Crippen molar-refractivity contribution in [3.05, 3.63) is 68.7 Å². The normalized spacial score (nSPS) is 15.4. The van der Waals surface area contributed by atoms with Crippen molar-refractivity contribution in [1.29, 1.82) is 0 Å². The third kappa shape index (κ3) is 5.28. The predicted octanol–water partition coefficient (Wildman–Crippen LogP) is 3.31. The van der Waals surface area contributed by atoms with Gasteiger partial charge in [-0.25, -0.2) is 0 Å². The number of hydrogen-bond acceptors (Lipinski definition) is 5. The maximum atomic E-state index is 12.4. The SMILES string of the molecule is Cc1ccccc1CN1CCN(CC(=O)Nc2cc(Cl)ccc2[N+](=O)[O-])CC1. The van der Waals surface area contributed by atoms with Gasteiger partial charge in [0.1, 0.15) is 5.69 Å². The number of benzene rings is 2. The van der Waals surface area contributed by atoms with Crippen LogP contribution in [0.3, 0.4) is 0 Å². The molecule has 1 fully saturated rings. The van der Waals surface area contributed by atoms with Gasteiger partial charge in [-0.15, -0.1) is 0 Å². The van der Waals surface area contributed by atoms with Crippen molar-refractivity contribution >= 4 is 28.9 Å². The minimum absolute atomic E-state index is 0.126. The Morgan fingerprint density at radius 3 is 2.50 bits per heavy atom. The van der Waals surface area contributed by atoms with E-state index in [2.05, 4.69) is 40.2 Å². The van der Waals surface area contributed by atoms with Crippen molar-refractivity contribution < 1.29 is 9.72 Å². The molecule has 1 aliphatic rings. The molecule has 0 bridgehead atoms.